The van der Waals surface area contributed by atoms with Crippen LogP contribution in [0.2, 0.25) is 0 Å². The van der Waals surface area contributed by atoms with Crippen LogP contribution in [0, 0.1) is 0 Å². The lowest BCUT2D eigenvalue weighted by atomic mass is 10.2. The summed E-state index contributed by atoms with van der Waals surface area (Å²) < 4.78 is 5.71. The third kappa shape index (κ3) is 5.01. The van der Waals surface area contributed by atoms with Crippen molar-refractivity contribution in [3.63, 3.8) is 0 Å². The van der Waals surface area contributed by atoms with Gasteiger partial charge in [0.1, 0.15) is 5.75 Å². The fourth-order valence-electron chi connectivity index (χ4n) is 1.67. The van der Waals surface area contributed by atoms with E-state index in [1.807, 2.05) is 29.6 Å². The minimum Gasteiger partial charge on any atom is -0.494 e. The van der Waals surface area contributed by atoms with Crippen LogP contribution in [0.15, 0.2) is 40.9 Å². The highest BCUT2D eigenvalue weighted by Crippen LogP contribution is 2.13. The third-order valence-electron chi connectivity index (χ3n) is 2.68. The van der Waals surface area contributed by atoms with E-state index in [0.29, 0.717) is 0 Å². The SMILES string of the molecule is CCCCCOc1cccc(/C=N/Nc2nccs2)c1. The molecule has 0 aliphatic carbocycles. The van der Waals surface area contributed by atoms with Crippen molar-refractivity contribution in [1.82, 2.24) is 4.98 Å². The van der Waals surface area contributed by atoms with Gasteiger partial charge >= 0.3 is 0 Å². The number of thiazole rings is 1. The molecule has 0 spiro atoms. The van der Waals surface area contributed by atoms with E-state index in [0.717, 1.165) is 29.5 Å². The number of anilines is 1. The molecule has 1 heterocycles. The van der Waals surface area contributed by atoms with Gasteiger partial charge in [0.15, 0.2) is 0 Å². The van der Waals surface area contributed by atoms with Gasteiger partial charge in [0.05, 0.1) is 12.8 Å². The zero-order chi connectivity index (χ0) is 14.0. The molecule has 20 heavy (non-hydrogen) atoms. The molecule has 0 aliphatic heterocycles. The maximum Gasteiger partial charge on any atom is 0.203 e. The molecule has 0 fully saturated rings. The molecule has 0 bridgehead atoms. The highest BCUT2D eigenvalue weighted by Gasteiger charge is 1.96. The summed E-state index contributed by atoms with van der Waals surface area (Å²) in [4.78, 5) is 4.09. The Balaban J connectivity index is 1.84. The van der Waals surface area contributed by atoms with Crippen LogP contribution in [-0.4, -0.2) is 17.8 Å². The van der Waals surface area contributed by atoms with Crippen LogP contribution < -0.4 is 10.2 Å². The monoisotopic (exact) mass is 289 g/mol. The Hall–Kier alpha value is -1.88. The fraction of sp³-hybridized carbons (Fsp3) is 0.333. The third-order valence-corrected chi connectivity index (χ3v) is 3.36. The van der Waals surface area contributed by atoms with Crippen LogP contribution in [0.4, 0.5) is 5.13 Å². The van der Waals surface area contributed by atoms with Crippen LogP contribution in [0.25, 0.3) is 0 Å². The van der Waals surface area contributed by atoms with E-state index in [1.54, 1.807) is 12.4 Å². The lowest BCUT2D eigenvalue weighted by Gasteiger charge is -2.06. The fourth-order valence-corrected chi connectivity index (χ4v) is 2.15. The van der Waals surface area contributed by atoms with Crippen molar-refractivity contribution in [2.75, 3.05) is 12.0 Å². The van der Waals surface area contributed by atoms with Crippen molar-refractivity contribution < 1.29 is 4.74 Å². The Morgan fingerprint density at radius 2 is 2.35 bits per heavy atom. The molecule has 1 N–H and O–H groups in total. The number of hydrogen-bond donors (Lipinski definition) is 1. The smallest absolute Gasteiger partial charge is 0.203 e. The van der Waals surface area contributed by atoms with Crippen molar-refractivity contribution in [2.24, 2.45) is 5.10 Å². The lowest BCUT2D eigenvalue weighted by Crippen LogP contribution is -1.97. The molecular weight excluding hydrogens is 270 g/mol. The molecule has 0 saturated carbocycles. The summed E-state index contributed by atoms with van der Waals surface area (Å²) in [6, 6.07) is 7.92. The molecule has 0 radical (unpaired) electrons. The molecule has 0 saturated heterocycles. The average molecular weight is 289 g/mol. The van der Waals surface area contributed by atoms with E-state index in [9.17, 15) is 0 Å². The zero-order valence-corrected chi connectivity index (χ0v) is 12.4. The van der Waals surface area contributed by atoms with Gasteiger partial charge in [-0.25, -0.2) is 4.98 Å². The maximum absolute atomic E-state index is 5.71. The number of benzene rings is 1. The van der Waals surface area contributed by atoms with Gasteiger partial charge in [-0.15, -0.1) is 11.3 Å². The molecule has 0 amide bonds. The van der Waals surface area contributed by atoms with Crippen molar-refractivity contribution in [3.05, 3.63) is 41.4 Å². The Morgan fingerprint density at radius 1 is 1.40 bits per heavy atom. The lowest BCUT2D eigenvalue weighted by molar-refractivity contribution is 0.306. The predicted octanol–water partition coefficient (Wildman–Crippen LogP) is 4.16. The summed E-state index contributed by atoms with van der Waals surface area (Å²) in [5.74, 6) is 0.888. The molecule has 106 valence electrons. The summed E-state index contributed by atoms with van der Waals surface area (Å²) in [7, 11) is 0. The highest BCUT2D eigenvalue weighted by molar-refractivity contribution is 7.13. The number of aromatic nitrogens is 1. The molecule has 5 heteroatoms. The second-order valence-electron chi connectivity index (χ2n) is 4.34. The van der Waals surface area contributed by atoms with Gasteiger partial charge in [-0.3, -0.25) is 5.43 Å². The van der Waals surface area contributed by atoms with E-state index >= 15 is 0 Å². The summed E-state index contributed by atoms with van der Waals surface area (Å²) >= 11 is 1.52. The topological polar surface area (TPSA) is 46.5 Å². The summed E-state index contributed by atoms with van der Waals surface area (Å²) in [5.41, 5.74) is 3.89. The minimum absolute atomic E-state index is 0.770. The second kappa shape index (κ2) is 8.32. The summed E-state index contributed by atoms with van der Waals surface area (Å²) in [6.45, 7) is 2.96. The highest BCUT2D eigenvalue weighted by atomic mass is 32.1. The molecular formula is C15H19N3OS. The molecule has 1 aromatic heterocycles. The number of unbranched alkanes of at least 4 members (excludes halogenated alkanes) is 2. The first-order chi connectivity index (χ1) is 9.88. The first-order valence-corrected chi connectivity index (χ1v) is 7.68. The van der Waals surface area contributed by atoms with Crippen molar-refractivity contribution in [3.8, 4) is 5.75 Å². The average Bonchev–Trinajstić information content (AvgIpc) is 2.97. The van der Waals surface area contributed by atoms with E-state index in [4.69, 9.17) is 4.74 Å². The van der Waals surface area contributed by atoms with Crippen LogP contribution >= 0.6 is 11.3 Å². The quantitative estimate of drug-likeness (QED) is 0.451. The van der Waals surface area contributed by atoms with Crippen molar-refractivity contribution in [2.45, 2.75) is 26.2 Å². The molecule has 0 unspecified atom stereocenters. The maximum atomic E-state index is 5.71. The van der Waals surface area contributed by atoms with Gasteiger partial charge < -0.3 is 4.74 Å². The second-order valence-corrected chi connectivity index (χ2v) is 5.23. The van der Waals surface area contributed by atoms with Crippen LogP contribution in [-0.2, 0) is 0 Å². The standard InChI is InChI=1S/C15H19N3OS/c1-2-3-4-9-19-14-7-5-6-13(11-14)12-17-18-15-16-8-10-20-15/h5-8,10-12H,2-4,9H2,1H3,(H,16,18)/b17-12+. The minimum atomic E-state index is 0.770. The number of rotatable bonds is 8. The molecule has 1 aromatic carbocycles. The molecule has 4 nitrogen and oxygen atoms in total. The number of hydrazone groups is 1. The van der Waals surface area contributed by atoms with Crippen molar-refractivity contribution in [1.29, 1.82) is 0 Å². The first-order valence-electron chi connectivity index (χ1n) is 6.80. The first kappa shape index (κ1) is 14.5. The van der Waals surface area contributed by atoms with Gasteiger partial charge in [-0.2, -0.15) is 5.10 Å². The normalized spacial score (nSPS) is 10.8. The number of nitrogens with one attached hydrogen (secondary N) is 1. The van der Waals surface area contributed by atoms with Crippen molar-refractivity contribution >= 4 is 22.7 Å². The summed E-state index contributed by atoms with van der Waals surface area (Å²) in [5, 5.41) is 6.84. The van der Waals surface area contributed by atoms with Crippen LogP contribution in [0.3, 0.4) is 0 Å². The molecule has 2 rings (SSSR count). The molecule has 2 aromatic rings. The van der Waals surface area contributed by atoms with E-state index in [2.05, 4.69) is 22.4 Å². The predicted molar refractivity (Wildman–Crippen MR) is 84.8 cm³/mol. The van der Waals surface area contributed by atoms with E-state index in [-0.39, 0.29) is 0 Å². The van der Waals surface area contributed by atoms with Crippen LogP contribution in [0.1, 0.15) is 31.7 Å². The van der Waals surface area contributed by atoms with Gasteiger partial charge in [0.2, 0.25) is 5.13 Å². The Kier molecular flexibility index (Phi) is 6.05. The number of hydrogen-bond acceptors (Lipinski definition) is 5. The Bertz CT molecular complexity index is 526. The molecule has 0 atom stereocenters. The molecule has 0 aliphatic rings. The number of nitrogens with zero attached hydrogens (tertiary/aromatic N) is 2. The largest absolute Gasteiger partial charge is 0.494 e. The summed E-state index contributed by atoms with van der Waals surface area (Å²) in [6.07, 6.45) is 7.02. The van der Waals surface area contributed by atoms with Gasteiger partial charge in [-0.1, -0.05) is 31.9 Å². The van der Waals surface area contributed by atoms with Gasteiger partial charge in [0.25, 0.3) is 0 Å². The Labute approximate surface area is 123 Å². The van der Waals surface area contributed by atoms with Crippen LogP contribution in [0.5, 0.6) is 5.75 Å². The zero-order valence-electron chi connectivity index (χ0n) is 11.6. The van der Waals surface area contributed by atoms with E-state index < -0.39 is 0 Å². The van der Waals surface area contributed by atoms with Gasteiger partial charge in [0, 0.05) is 11.6 Å². The van der Waals surface area contributed by atoms with Gasteiger partial charge in [-0.05, 0) is 24.1 Å². The number of ether oxygens (including phenoxy) is 1. The Morgan fingerprint density at radius 3 is 3.15 bits per heavy atom. The van der Waals surface area contributed by atoms with E-state index in [1.165, 1.54) is 24.2 Å².